The lowest BCUT2D eigenvalue weighted by atomic mass is 10.0. The Morgan fingerprint density at radius 3 is 0.800 bits per heavy atom. The Morgan fingerprint density at radius 1 is 0.263 bits per heavy atom. The van der Waals surface area contributed by atoms with E-state index in [2.05, 4.69) is 118 Å². The minimum atomic E-state index is -0.789. The molecular weight excluding hydrogens is 985 g/mol. The summed E-state index contributed by atoms with van der Waals surface area (Å²) in [5.74, 6) is -0.896. The Balaban J connectivity index is 4.22. The van der Waals surface area contributed by atoms with Crippen LogP contribution >= 0.6 is 0 Å². The fourth-order valence-electron chi connectivity index (χ4n) is 9.67. The lowest BCUT2D eigenvalue weighted by molar-refractivity contribution is -0.167. The molecular formula is C74H128O6. The normalized spacial score (nSPS) is 12.7. The third-order valence-corrected chi connectivity index (χ3v) is 14.8. The second-order valence-electron chi connectivity index (χ2n) is 22.7. The Hall–Kier alpha value is -3.67. The largest absolute Gasteiger partial charge is 0.462 e. The molecule has 1 atom stereocenters. The van der Waals surface area contributed by atoms with Gasteiger partial charge in [-0.1, -0.05) is 291 Å². The Kier molecular flexibility index (Phi) is 64.7. The molecule has 0 bridgehead atoms. The van der Waals surface area contributed by atoms with Crippen LogP contribution in [-0.2, 0) is 28.6 Å². The van der Waals surface area contributed by atoms with Gasteiger partial charge in [-0.2, -0.15) is 0 Å². The van der Waals surface area contributed by atoms with Gasteiger partial charge in [0.2, 0.25) is 0 Å². The predicted molar refractivity (Wildman–Crippen MR) is 348 cm³/mol. The van der Waals surface area contributed by atoms with Crippen molar-refractivity contribution in [3.63, 3.8) is 0 Å². The topological polar surface area (TPSA) is 78.9 Å². The molecule has 1 unspecified atom stereocenters. The van der Waals surface area contributed by atoms with Gasteiger partial charge in [0.15, 0.2) is 6.10 Å². The van der Waals surface area contributed by atoms with Crippen molar-refractivity contribution in [1.29, 1.82) is 0 Å². The van der Waals surface area contributed by atoms with E-state index in [1.165, 1.54) is 180 Å². The van der Waals surface area contributed by atoms with E-state index in [1.807, 2.05) is 0 Å². The van der Waals surface area contributed by atoms with Gasteiger partial charge in [-0.25, -0.2) is 0 Å². The first-order valence-electron chi connectivity index (χ1n) is 34.2. The standard InChI is InChI=1S/C74H128O6/c1-4-7-10-13-16-19-22-25-27-29-31-32-33-34-35-36-37-38-39-40-41-42-44-45-47-49-52-55-58-61-64-67-73(76)79-70-71(69-78-72(75)66-63-60-57-54-51-24-21-18-15-12-9-6-3)80-74(77)68-65-62-59-56-53-50-48-46-43-30-28-26-23-20-17-14-11-8-5-2/h8,11,17-18,20-22,25-26,28-29,31,33-34,43,46,71H,4-7,9-10,12-16,19,23-24,27,30,32,35-42,44-45,47-70H2,1-3H3/b11-8-,20-17-,21-18-,25-22-,28-26-,31-29-,34-33-,46-43-. The maximum atomic E-state index is 12.9. The summed E-state index contributed by atoms with van der Waals surface area (Å²) in [6, 6.07) is 0. The lowest BCUT2D eigenvalue weighted by Gasteiger charge is -2.18. The third-order valence-electron chi connectivity index (χ3n) is 14.8. The van der Waals surface area contributed by atoms with Crippen molar-refractivity contribution in [2.24, 2.45) is 0 Å². The van der Waals surface area contributed by atoms with Crippen LogP contribution < -0.4 is 0 Å². The first-order valence-corrected chi connectivity index (χ1v) is 34.2. The zero-order valence-corrected chi connectivity index (χ0v) is 52.8. The second kappa shape index (κ2) is 67.8. The average Bonchev–Trinajstić information content (AvgIpc) is 3.46. The summed E-state index contributed by atoms with van der Waals surface area (Å²) < 4.78 is 16.9. The Morgan fingerprint density at radius 2 is 0.487 bits per heavy atom. The van der Waals surface area contributed by atoms with Crippen LogP contribution in [0, 0.1) is 0 Å². The van der Waals surface area contributed by atoms with Crippen LogP contribution in [0.25, 0.3) is 0 Å². The fraction of sp³-hybridized carbons (Fsp3) is 0.743. The predicted octanol–water partition coefficient (Wildman–Crippen LogP) is 23.6. The average molecular weight is 1110 g/mol. The van der Waals surface area contributed by atoms with E-state index in [-0.39, 0.29) is 31.1 Å². The zero-order valence-electron chi connectivity index (χ0n) is 52.8. The molecule has 0 aliphatic carbocycles. The number of hydrogen-bond acceptors (Lipinski definition) is 6. The van der Waals surface area contributed by atoms with Crippen LogP contribution in [0.3, 0.4) is 0 Å². The zero-order chi connectivity index (χ0) is 57.8. The molecule has 0 aromatic heterocycles. The van der Waals surface area contributed by atoms with Crippen molar-refractivity contribution in [2.45, 2.75) is 341 Å². The van der Waals surface area contributed by atoms with Gasteiger partial charge >= 0.3 is 17.9 Å². The molecule has 0 amide bonds. The van der Waals surface area contributed by atoms with Gasteiger partial charge in [0.05, 0.1) is 0 Å². The maximum absolute atomic E-state index is 12.9. The number of ether oxygens (including phenoxy) is 3. The lowest BCUT2D eigenvalue weighted by Crippen LogP contribution is -2.30. The molecule has 0 fully saturated rings. The van der Waals surface area contributed by atoms with Crippen LogP contribution in [0.5, 0.6) is 0 Å². The number of rotatable bonds is 62. The summed E-state index contributed by atoms with van der Waals surface area (Å²) in [7, 11) is 0. The minimum Gasteiger partial charge on any atom is -0.462 e. The molecule has 0 heterocycles. The number of carbonyl (C=O) groups excluding carboxylic acids is 3. The highest BCUT2D eigenvalue weighted by Gasteiger charge is 2.19. The van der Waals surface area contributed by atoms with Crippen LogP contribution in [0.1, 0.15) is 335 Å². The molecule has 0 saturated heterocycles. The Labute approximate surface area is 496 Å². The molecule has 0 spiro atoms. The van der Waals surface area contributed by atoms with E-state index < -0.39 is 6.10 Å². The summed E-state index contributed by atoms with van der Waals surface area (Å²) in [6.45, 7) is 6.50. The van der Waals surface area contributed by atoms with Crippen molar-refractivity contribution < 1.29 is 28.6 Å². The molecule has 0 aliphatic heterocycles. The minimum absolute atomic E-state index is 0.0843. The van der Waals surface area contributed by atoms with Gasteiger partial charge < -0.3 is 14.2 Å². The van der Waals surface area contributed by atoms with Crippen LogP contribution in [0.15, 0.2) is 97.2 Å². The maximum Gasteiger partial charge on any atom is 0.306 e. The molecule has 0 aliphatic rings. The first-order chi connectivity index (χ1) is 39.5. The number of allylic oxidation sites excluding steroid dienone is 16. The molecule has 0 aromatic carbocycles. The highest BCUT2D eigenvalue weighted by atomic mass is 16.6. The van der Waals surface area contributed by atoms with Gasteiger partial charge in [-0.3, -0.25) is 14.4 Å². The summed E-state index contributed by atoms with van der Waals surface area (Å²) in [4.78, 5) is 38.3. The molecule has 6 heteroatoms. The van der Waals surface area contributed by atoms with Crippen molar-refractivity contribution in [3.05, 3.63) is 97.2 Å². The molecule has 0 saturated carbocycles. The Bertz CT molecular complexity index is 1560. The molecule has 0 radical (unpaired) electrons. The van der Waals surface area contributed by atoms with Crippen LogP contribution in [0.2, 0.25) is 0 Å². The smallest absolute Gasteiger partial charge is 0.306 e. The van der Waals surface area contributed by atoms with Crippen molar-refractivity contribution in [2.75, 3.05) is 13.2 Å². The summed E-state index contributed by atoms with van der Waals surface area (Å²) in [6.07, 6.45) is 91.5. The molecule has 0 N–H and O–H groups in total. The van der Waals surface area contributed by atoms with Crippen molar-refractivity contribution in [3.8, 4) is 0 Å². The summed E-state index contributed by atoms with van der Waals surface area (Å²) >= 11 is 0. The molecule has 80 heavy (non-hydrogen) atoms. The van der Waals surface area contributed by atoms with Crippen molar-refractivity contribution in [1.82, 2.24) is 0 Å². The van der Waals surface area contributed by atoms with E-state index in [9.17, 15) is 14.4 Å². The second-order valence-corrected chi connectivity index (χ2v) is 22.7. The van der Waals surface area contributed by atoms with E-state index in [0.29, 0.717) is 19.3 Å². The summed E-state index contributed by atoms with van der Waals surface area (Å²) in [5, 5.41) is 0. The van der Waals surface area contributed by atoms with Gasteiger partial charge in [0, 0.05) is 19.3 Å². The van der Waals surface area contributed by atoms with Gasteiger partial charge in [-0.15, -0.1) is 0 Å². The number of unbranched alkanes of at least 4 members (excludes halogenated alkanes) is 35. The van der Waals surface area contributed by atoms with Gasteiger partial charge in [-0.05, 0) is 122 Å². The summed E-state index contributed by atoms with van der Waals surface area (Å²) in [5.41, 5.74) is 0. The van der Waals surface area contributed by atoms with E-state index >= 15 is 0 Å². The van der Waals surface area contributed by atoms with Crippen LogP contribution in [0.4, 0.5) is 0 Å². The molecule has 0 aromatic rings. The van der Waals surface area contributed by atoms with E-state index in [1.54, 1.807) is 0 Å². The number of hydrogen-bond donors (Lipinski definition) is 0. The van der Waals surface area contributed by atoms with Crippen molar-refractivity contribution >= 4 is 17.9 Å². The number of esters is 3. The first kappa shape index (κ1) is 76.3. The SMILES string of the molecule is CC/C=C\C/C=C\C/C=C\C/C=C\CCCCCCCCC(=O)OC(COC(=O)CCCCCCC/C=C\CCCCC)COC(=O)CCCCCCCCCCCCCCCCCC/C=C\C/C=C\C/C=C\CCCCCCC. The monoisotopic (exact) mass is 1110 g/mol. The molecule has 460 valence electrons. The number of carbonyl (C=O) groups is 3. The highest BCUT2D eigenvalue weighted by Crippen LogP contribution is 2.17. The quantitative estimate of drug-likeness (QED) is 0.0261. The van der Waals surface area contributed by atoms with E-state index in [0.717, 1.165) is 116 Å². The fourth-order valence-corrected chi connectivity index (χ4v) is 9.67. The van der Waals surface area contributed by atoms with Gasteiger partial charge in [0.25, 0.3) is 0 Å². The third kappa shape index (κ3) is 65.1. The van der Waals surface area contributed by atoms with Gasteiger partial charge in [0.1, 0.15) is 13.2 Å². The molecule has 0 rings (SSSR count). The van der Waals surface area contributed by atoms with E-state index in [4.69, 9.17) is 14.2 Å². The van der Waals surface area contributed by atoms with Crippen LogP contribution in [-0.4, -0.2) is 37.2 Å². The molecule has 6 nitrogen and oxygen atoms in total. The highest BCUT2D eigenvalue weighted by molar-refractivity contribution is 5.71.